The van der Waals surface area contributed by atoms with Crippen LogP contribution in [0, 0.1) is 0 Å². The monoisotopic (exact) mass is 563 g/mol. The zero-order chi connectivity index (χ0) is 28.9. The fourth-order valence-electron chi connectivity index (χ4n) is 3.93. The number of carboxylic acid groups (broad SMARTS) is 1. The van der Waals surface area contributed by atoms with Crippen molar-refractivity contribution >= 4 is 53.1 Å². The molecule has 4 amide bonds. The number of nitrogens with two attached hydrogens (primary N) is 3. The molecule has 0 aliphatic carbocycles. The summed E-state index contributed by atoms with van der Waals surface area (Å²) in [4.78, 5) is 64.8. The van der Waals surface area contributed by atoms with Crippen LogP contribution in [0.4, 0.5) is 0 Å². The minimum Gasteiger partial charge on any atom is -0.480 e. The van der Waals surface area contributed by atoms with Gasteiger partial charge in [0.05, 0.1) is 6.04 Å². The van der Waals surface area contributed by atoms with Gasteiger partial charge < -0.3 is 43.2 Å². The number of nitrogens with one attached hydrogen (secondary N) is 4. The predicted molar refractivity (Wildman–Crippen MR) is 149 cm³/mol. The van der Waals surface area contributed by atoms with Gasteiger partial charge in [0.1, 0.15) is 18.1 Å². The normalized spacial score (nSPS) is 14.1. The van der Waals surface area contributed by atoms with Crippen LogP contribution in [-0.2, 0) is 30.4 Å². The summed E-state index contributed by atoms with van der Waals surface area (Å²) in [5, 5.41) is 17.8. The van der Waals surface area contributed by atoms with E-state index in [4.69, 9.17) is 17.2 Å². The number of carbonyl (C=O) groups excluding carboxylic acids is 4. The summed E-state index contributed by atoms with van der Waals surface area (Å²) in [6.07, 6.45) is 2.94. The number of aromatic amines is 1. The fraction of sp³-hybridized carbons (Fsp3) is 0.480. The van der Waals surface area contributed by atoms with E-state index >= 15 is 0 Å². The zero-order valence-corrected chi connectivity index (χ0v) is 22.4. The maximum absolute atomic E-state index is 13.5. The first-order valence-electron chi connectivity index (χ1n) is 12.6. The molecule has 14 heteroatoms. The number of thiol groups is 1. The first kappa shape index (κ1) is 31.6. The first-order chi connectivity index (χ1) is 18.6. The van der Waals surface area contributed by atoms with Crippen molar-refractivity contribution in [1.82, 2.24) is 20.9 Å². The third-order valence-electron chi connectivity index (χ3n) is 6.15. The number of amides is 4. The number of rotatable bonds is 17. The molecule has 1 heterocycles. The fourth-order valence-corrected chi connectivity index (χ4v) is 4.18. The highest BCUT2D eigenvalue weighted by Gasteiger charge is 2.30. The predicted octanol–water partition coefficient (Wildman–Crippen LogP) is -1.10. The molecule has 0 aliphatic rings. The lowest BCUT2D eigenvalue weighted by Crippen LogP contribution is -2.57. The van der Waals surface area contributed by atoms with Crippen molar-refractivity contribution in [2.45, 2.75) is 62.7 Å². The molecule has 0 aliphatic heterocycles. The van der Waals surface area contributed by atoms with Crippen LogP contribution in [-0.4, -0.2) is 76.2 Å². The lowest BCUT2D eigenvalue weighted by atomic mass is 10.0. The van der Waals surface area contributed by atoms with E-state index in [0.717, 1.165) is 16.5 Å². The molecular weight excluding hydrogens is 526 g/mol. The molecule has 11 N–H and O–H groups in total. The Bertz CT molecular complexity index is 1160. The molecule has 0 saturated heterocycles. The van der Waals surface area contributed by atoms with Gasteiger partial charge in [-0.15, -0.1) is 0 Å². The minimum absolute atomic E-state index is 0.00693. The van der Waals surface area contributed by atoms with E-state index in [1.165, 1.54) is 0 Å². The molecule has 0 spiro atoms. The van der Waals surface area contributed by atoms with Gasteiger partial charge in [-0.05, 0) is 43.9 Å². The number of fused-ring (bicyclic) bond motifs is 1. The second-order valence-electron chi connectivity index (χ2n) is 9.16. The molecule has 1 aromatic carbocycles. The number of hydrogen-bond acceptors (Lipinski definition) is 8. The van der Waals surface area contributed by atoms with E-state index in [2.05, 4.69) is 33.6 Å². The molecule has 214 valence electrons. The Morgan fingerprint density at radius 2 is 1.56 bits per heavy atom. The lowest BCUT2D eigenvalue weighted by Gasteiger charge is -2.25. The van der Waals surface area contributed by atoms with Crippen LogP contribution in [0.3, 0.4) is 0 Å². The lowest BCUT2D eigenvalue weighted by molar-refractivity contribution is -0.141. The maximum Gasteiger partial charge on any atom is 0.327 e. The Hall–Kier alpha value is -3.62. The van der Waals surface area contributed by atoms with Crippen molar-refractivity contribution in [2.75, 3.05) is 12.3 Å². The van der Waals surface area contributed by atoms with E-state index < -0.39 is 53.8 Å². The highest BCUT2D eigenvalue weighted by molar-refractivity contribution is 7.80. The summed E-state index contributed by atoms with van der Waals surface area (Å²) >= 11 is 3.96. The Labute approximate surface area is 231 Å². The number of unbranched alkanes of at least 4 members (excludes halogenated alkanes) is 1. The van der Waals surface area contributed by atoms with Gasteiger partial charge in [0.25, 0.3) is 0 Å². The number of hydrogen-bond donors (Lipinski definition) is 9. The zero-order valence-electron chi connectivity index (χ0n) is 21.5. The van der Waals surface area contributed by atoms with Gasteiger partial charge >= 0.3 is 5.97 Å². The molecule has 0 bridgehead atoms. The maximum atomic E-state index is 13.5. The van der Waals surface area contributed by atoms with Crippen LogP contribution in [0.2, 0.25) is 0 Å². The van der Waals surface area contributed by atoms with E-state index in [9.17, 15) is 29.1 Å². The second-order valence-corrected chi connectivity index (χ2v) is 9.53. The summed E-state index contributed by atoms with van der Waals surface area (Å²) in [5.41, 5.74) is 18.2. The summed E-state index contributed by atoms with van der Waals surface area (Å²) < 4.78 is 0. The summed E-state index contributed by atoms with van der Waals surface area (Å²) in [7, 11) is 0. The quantitative estimate of drug-likeness (QED) is 0.0844. The molecular formula is C25H37N7O6S. The number of primary amides is 1. The number of carbonyl (C=O) groups is 5. The van der Waals surface area contributed by atoms with Gasteiger partial charge in [-0.2, -0.15) is 12.6 Å². The van der Waals surface area contributed by atoms with Gasteiger partial charge in [0.2, 0.25) is 23.6 Å². The van der Waals surface area contributed by atoms with E-state index in [0.29, 0.717) is 19.4 Å². The first-order valence-corrected chi connectivity index (χ1v) is 13.2. The Morgan fingerprint density at radius 3 is 2.21 bits per heavy atom. The Kier molecular flexibility index (Phi) is 12.7. The summed E-state index contributed by atoms with van der Waals surface area (Å²) in [6.45, 7) is 0.374. The molecule has 0 fully saturated rings. The SMILES string of the molecule is NCCCCC(NC(=O)C(Cc1c[nH]c2ccccc12)NC(=O)C(N)CCC(N)=O)C(=O)NC(CS)C(=O)O. The third kappa shape index (κ3) is 9.89. The summed E-state index contributed by atoms with van der Waals surface area (Å²) in [6, 6.07) is 2.86. The average Bonchev–Trinajstić information content (AvgIpc) is 3.31. The molecule has 1 aromatic heterocycles. The van der Waals surface area contributed by atoms with Crippen LogP contribution in [0.1, 0.15) is 37.7 Å². The van der Waals surface area contributed by atoms with Crippen molar-refractivity contribution in [1.29, 1.82) is 0 Å². The van der Waals surface area contributed by atoms with Crippen LogP contribution in [0.15, 0.2) is 30.5 Å². The van der Waals surface area contributed by atoms with E-state index in [1.54, 1.807) is 6.20 Å². The van der Waals surface area contributed by atoms with Crippen molar-refractivity contribution in [2.24, 2.45) is 17.2 Å². The number of para-hydroxylation sites is 1. The number of aliphatic carboxylic acids is 1. The van der Waals surface area contributed by atoms with E-state index in [1.807, 2.05) is 24.3 Å². The second kappa shape index (κ2) is 15.7. The largest absolute Gasteiger partial charge is 0.480 e. The van der Waals surface area contributed by atoms with Crippen molar-refractivity contribution < 1.29 is 29.1 Å². The molecule has 2 rings (SSSR count). The molecule has 13 nitrogen and oxygen atoms in total. The smallest absolute Gasteiger partial charge is 0.327 e. The molecule has 0 radical (unpaired) electrons. The number of H-pyrrole nitrogens is 1. The van der Waals surface area contributed by atoms with Crippen LogP contribution in [0.25, 0.3) is 10.9 Å². The number of benzene rings is 1. The topological polar surface area (TPSA) is 236 Å². The van der Waals surface area contributed by atoms with Gasteiger partial charge in [-0.25, -0.2) is 4.79 Å². The Morgan fingerprint density at radius 1 is 0.923 bits per heavy atom. The van der Waals surface area contributed by atoms with Crippen LogP contribution < -0.4 is 33.2 Å². The Balaban J connectivity index is 2.28. The standard InChI is InChI=1S/C25H37N7O6S/c26-10-4-3-7-18(23(35)32-20(13-39)25(37)38)30-24(36)19(31-22(34)16(27)8-9-21(28)33)11-14-12-29-17-6-2-1-5-15(14)17/h1-2,5-6,12,16,18-20,29,39H,3-4,7-11,13,26-27H2,(H2,28,33)(H,30,36)(H,31,34)(H,32,35)(H,37,38). The van der Waals surface area contributed by atoms with Crippen molar-refractivity contribution in [3.8, 4) is 0 Å². The molecule has 0 saturated carbocycles. The van der Waals surface area contributed by atoms with Gasteiger partial charge in [-0.3, -0.25) is 19.2 Å². The molecule has 2 aromatic rings. The van der Waals surface area contributed by atoms with Crippen LogP contribution >= 0.6 is 12.6 Å². The number of aromatic nitrogens is 1. The van der Waals surface area contributed by atoms with Crippen LogP contribution in [0.5, 0.6) is 0 Å². The average molecular weight is 564 g/mol. The highest BCUT2D eigenvalue weighted by atomic mass is 32.1. The molecule has 4 unspecified atom stereocenters. The summed E-state index contributed by atoms with van der Waals surface area (Å²) in [5.74, 6) is -4.05. The van der Waals surface area contributed by atoms with Crippen molar-refractivity contribution in [3.63, 3.8) is 0 Å². The van der Waals surface area contributed by atoms with E-state index in [-0.39, 0.29) is 31.4 Å². The number of carboxylic acids is 1. The molecule has 39 heavy (non-hydrogen) atoms. The third-order valence-corrected chi connectivity index (χ3v) is 6.51. The minimum atomic E-state index is -1.26. The van der Waals surface area contributed by atoms with Gasteiger partial charge in [0.15, 0.2) is 0 Å². The van der Waals surface area contributed by atoms with Crippen molar-refractivity contribution in [3.05, 3.63) is 36.0 Å². The van der Waals surface area contributed by atoms with Gasteiger partial charge in [-0.1, -0.05) is 18.2 Å². The highest BCUT2D eigenvalue weighted by Crippen LogP contribution is 2.19. The molecule has 4 atom stereocenters. The van der Waals surface area contributed by atoms with Gasteiger partial charge in [0, 0.05) is 35.7 Å².